The van der Waals surface area contributed by atoms with E-state index in [1.54, 1.807) is 0 Å². The molecule has 2 N–H and O–H groups in total. The van der Waals surface area contributed by atoms with Gasteiger partial charge in [0, 0.05) is 25.7 Å². The van der Waals surface area contributed by atoms with Gasteiger partial charge in [0.1, 0.15) is 0 Å². The van der Waals surface area contributed by atoms with E-state index in [0.29, 0.717) is 6.04 Å². The predicted molar refractivity (Wildman–Crippen MR) is 76.1 cm³/mol. The Hall–Kier alpha value is -0.940. The van der Waals surface area contributed by atoms with Crippen LogP contribution in [0.25, 0.3) is 0 Å². The molecule has 1 fully saturated rings. The second kappa shape index (κ2) is 7.60. The van der Waals surface area contributed by atoms with Crippen LogP contribution in [0.4, 0.5) is 0 Å². The minimum Gasteiger partial charge on any atom is -0.394 e. The van der Waals surface area contributed by atoms with Crippen LogP contribution in [0.15, 0.2) is 30.3 Å². The van der Waals surface area contributed by atoms with Crippen LogP contribution in [0, 0.1) is 0 Å². The van der Waals surface area contributed by atoms with Crippen LogP contribution in [0.5, 0.6) is 0 Å². The van der Waals surface area contributed by atoms with E-state index in [4.69, 9.17) is 4.74 Å². The first-order valence-corrected chi connectivity index (χ1v) is 7.01. The number of ether oxygens (including phenoxy) is 1. The first kappa shape index (κ1) is 14.5. The molecule has 0 amide bonds. The van der Waals surface area contributed by atoms with Crippen molar-refractivity contribution in [1.29, 1.82) is 0 Å². The number of morpholine rings is 1. The van der Waals surface area contributed by atoms with Gasteiger partial charge in [-0.3, -0.25) is 4.90 Å². The van der Waals surface area contributed by atoms with E-state index in [1.165, 1.54) is 0 Å². The number of nitrogens with one attached hydrogen (secondary N) is 1. The lowest BCUT2D eigenvalue weighted by Crippen LogP contribution is -2.45. The molecule has 1 aliphatic rings. The van der Waals surface area contributed by atoms with E-state index in [0.717, 1.165) is 38.4 Å². The number of aliphatic hydroxyl groups excluding tert-OH is 1. The standard InChI is InChI=1S/C15H24N2O2/c1-13(11-17-7-9-19-10-8-17)16-15(12-18)14-5-3-2-4-6-14/h2-6,13,15-16,18H,7-12H2,1H3. The first-order valence-electron chi connectivity index (χ1n) is 7.01. The van der Waals surface area contributed by atoms with Gasteiger partial charge in [-0.25, -0.2) is 0 Å². The van der Waals surface area contributed by atoms with Gasteiger partial charge >= 0.3 is 0 Å². The predicted octanol–water partition coefficient (Wildman–Crippen LogP) is 1.03. The summed E-state index contributed by atoms with van der Waals surface area (Å²) in [6.45, 7) is 6.94. The van der Waals surface area contributed by atoms with Crippen LogP contribution in [-0.4, -0.2) is 55.5 Å². The van der Waals surface area contributed by atoms with Gasteiger partial charge in [0.15, 0.2) is 0 Å². The van der Waals surface area contributed by atoms with Crippen molar-refractivity contribution in [2.24, 2.45) is 0 Å². The monoisotopic (exact) mass is 264 g/mol. The summed E-state index contributed by atoms with van der Waals surface area (Å²) in [7, 11) is 0. The van der Waals surface area contributed by atoms with E-state index in [1.807, 2.05) is 18.2 Å². The maximum atomic E-state index is 9.54. The summed E-state index contributed by atoms with van der Waals surface area (Å²) in [6, 6.07) is 10.5. The van der Waals surface area contributed by atoms with E-state index in [2.05, 4.69) is 29.3 Å². The Kier molecular flexibility index (Phi) is 5.79. The van der Waals surface area contributed by atoms with Crippen molar-refractivity contribution in [3.8, 4) is 0 Å². The van der Waals surface area contributed by atoms with Crippen molar-refractivity contribution in [2.45, 2.75) is 19.0 Å². The summed E-state index contributed by atoms with van der Waals surface area (Å²) in [5.41, 5.74) is 1.14. The van der Waals surface area contributed by atoms with Gasteiger partial charge < -0.3 is 15.2 Å². The van der Waals surface area contributed by atoms with Crippen molar-refractivity contribution >= 4 is 0 Å². The number of hydrogen-bond acceptors (Lipinski definition) is 4. The molecule has 4 nitrogen and oxygen atoms in total. The summed E-state index contributed by atoms with van der Waals surface area (Å²) < 4.78 is 5.35. The summed E-state index contributed by atoms with van der Waals surface area (Å²) >= 11 is 0. The topological polar surface area (TPSA) is 44.7 Å². The van der Waals surface area contributed by atoms with E-state index >= 15 is 0 Å². The molecule has 1 aliphatic heterocycles. The highest BCUT2D eigenvalue weighted by atomic mass is 16.5. The Morgan fingerprint density at radius 2 is 1.95 bits per heavy atom. The number of benzene rings is 1. The van der Waals surface area contributed by atoms with Crippen LogP contribution in [0.2, 0.25) is 0 Å². The average molecular weight is 264 g/mol. The van der Waals surface area contributed by atoms with Gasteiger partial charge in [0.05, 0.1) is 25.9 Å². The van der Waals surface area contributed by atoms with Crippen LogP contribution >= 0.6 is 0 Å². The molecule has 2 rings (SSSR count). The van der Waals surface area contributed by atoms with Crippen LogP contribution in [0.3, 0.4) is 0 Å². The van der Waals surface area contributed by atoms with Crippen molar-refractivity contribution in [3.05, 3.63) is 35.9 Å². The Bertz CT molecular complexity index is 352. The third kappa shape index (κ3) is 4.58. The average Bonchev–Trinajstić information content (AvgIpc) is 2.47. The van der Waals surface area contributed by atoms with E-state index in [-0.39, 0.29) is 12.6 Å². The Labute approximate surface area is 115 Å². The molecule has 2 atom stereocenters. The molecular weight excluding hydrogens is 240 g/mol. The lowest BCUT2D eigenvalue weighted by atomic mass is 10.1. The SMILES string of the molecule is CC(CN1CCOCC1)NC(CO)c1ccccc1. The van der Waals surface area contributed by atoms with Gasteiger partial charge in [-0.05, 0) is 12.5 Å². The molecule has 106 valence electrons. The fraction of sp³-hybridized carbons (Fsp3) is 0.600. The van der Waals surface area contributed by atoms with Crippen LogP contribution in [0.1, 0.15) is 18.5 Å². The maximum Gasteiger partial charge on any atom is 0.0626 e. The summed E-state index contributed by atoms with van der Waals surface area (Å²) in [6.07, 6.45) is 0. The third-order valence-corrected chi connectivity index (χ3v) is 3.51. The van der Waals surface area contributed by atoms with Crippen LogP contribution in [-0.2, 0) is 4.74 Å². The fourth-order valence-electron chi connectivity index (χ4n) is 2.51. The molecule has 1 saturated heterocycles. The molecule has 1 aromatic rings. The van der Waals surface area contributed by atoms with Crippen molar-refractivity contribution < 1.29 is 9.84 Å². The minimum atomic E-state index is 0.0113. The zero-order chi connectivity index (χ0) is 13.5. The largest absolute Gasteiger partial charge is 0.394 e. The van der Waals surface area contributed by atoms with Crippen molar-refractivity contribution in [2.75, 3.05) is 39.5 Å². The lowest BCUT2D eigenvalue weighted by Gasteiger charge is -2.31. The molecule has 0 saturated carbocycles. The molecule has 0 aliphatic carbocycles. The third-order valence-electron chi connectivity index (χ3n) is 3.51. The second-order valence-corrected chi connectivity index (χ2v) is 5.13. The molecule has 1 heterocycles. The van der Waals surface area contributed by atoms with Gasteiger partial charge in [-0.1, -0.05) is 30.3 Å². The second-order valence-electron chi connectivity index (χ2n) is 5.13. The maximum absolute atomic E-state index is 9.54. The molecule has 0 bridgehead atoms. The smallest absolute Gasteiger partial charge is 0.0626 e. The highest BCUT2D eigenvalue weighted by Crippen LogP contribution is 2.12. The molecule has 4 heteroatoms. The molecule has 1 aromatic carbocycles. The van der Waals surface area contributed by atoms with Gasteiger partial charge in [-0.2, -0.15) is 0 Å². The van der Waals surface area contributed by atoms with Crippen molar-refractivity contribution in [1.82, 2.24) is 10.2 Å². The molecular formula is C15H24N2O2. The zero-order valence-corrected chi connectivity index (χ0v) is 11.6. The normalized spacial score (nSPS) is 20.1. The lowest BCUT2D eigenvalue weighted by molar-refractivity contribution is 0.0333. The highest BCUT2D eigenvalue weighted by Gasteiger charge is 2.17. The Balaban J connectivity index is 1.84. The molecule has 19 heavy (non-hydrogen) atoms. The molecule has 0 radical (unpaired) electrons. The van der Waals surface area contributed by atoms with Gasteiger partial charge in [-0.15, -0.1) is 0 Å². The zero-order valence-electron chi connectivity index (χ0n) is 11.6. The fourth-order valence-corrected chi connectivity index (χ4v) is 2.51. The molecule has 2 unspecified atom stereocenters. The van der Waals surface area contributed by atoms with Crippen LogP contribution < -0.4 is 5.32 Å². The quantitative estimate of drug-likeness (QED) is 0.805. The number of rotatable bonds is 6. The van der Waals surface area contributed by atoms with E-state index < -0.39 is 0 Å². The highest BCUT2D eigenvalue weighted by molar-refractivity contribution is 5.19. The number of aliphatic hydroxyl groups is 1. The summed E-state index contributed by atoms with van der Waals surface area (Å²) in [5, 5.41) is 13.0. The first-order chi connectivity index (χ1) is 9.29. The minimum absolute atomic E-state index is 0.0113. The number of nitrogens with zero attached hydrogens (tertiary/aromatic N) is 1. The van der Waals surface area contributed by atoms with Gasteiger partial charge in [0.25, 0.3) is 0 Å². The molecule has 0 aromatic heterocycles. The van der Waals surface area contributed by atoms with E-state index in [9.17, 15) is 5.11 Å². The van der Waals surface area contributed by atoms with Crippen molar-refractivity contribution in [3.63, 3.8) is 0 Å². The summed E-state index contributed by atoms with van der Waals surface area (Å²) in [4.78, 5) is 2.40. The van der Waals surface area contributed by atoms with Gasteiger partial charge in [0.2, 0.25) is 0 Å². The summed E-state index contributed by atoms with van der Waals surface area (Å²) in [5.74, 6) is 0. The Morgan fingerprint density at radius 1 is 1.26 bits per heavy atom. The number of hydrogen-bond donors (Lipinski definition) is 2. The Morgan fingerprint density at radius 3 is 2.58 bits per heavy atom. The molecule has 0 spiro atoms.